The average Bonchev–Trinajstić information content (AvgIpc) is 2.09. The Balaban J connectivity index is 2.69. The molecule has 0 aromatic heterocycles. The van der Waals surface area contributed by atoms with Crippen molar-refractivity contribution in [2.45, 2.75) is 32.3 Å². The fourth-order valence-corrected chi connectivity index (χ4v) is 1.29. The van der Waals surface area contributed by atoms with E-state index < -0.39 is 5.60 Å². The molecule has 1 atom stereocenters. The maximum absolute atomic E-state index is 9.81. The summed E-state index contributed by atoms with van der Waals surface area (Å²) in [5.41, 5.74) is 0.518. The van der Waals surface area contributed by atoms with E-state index in [2.05, 4.69) is 0 Å². The lowest BCUT2D eigenvalue weighted by molar-refractivity contribution is 0.0564. The Kier molecular flexibility index (Phi) is 3.34. The van der Waals surface area contributed by atoms with Crippen molar-refractivity contribution in [1.82, 2.24) is 0 Å². The molecular weight excluding hydrogens is 184 g/mol. The highest BCUT2D eigenvalue weighted by Crippen LogP contribution is 2.18. The Morgan fingerprint density at radius 1 is 1.31 bits per heavy atom. The van der Waals surface area contributed by atoms with Gasteiger partial charge < -0.3 is 5.11 Å². The molecule has 0 saturated carbocycles. The van der Waals surface area contributed by atoms with Gasteiger partial charge in [-0.3, -0.25) is 0 Å². The van der Waals surface area contributed by atoms with Gasteiger partial charge in [0.25, 0.3) is 0 Å². The topological polar surface area (TPSA) is 20.2 Å². The Morgan fingerprint density at radius 3 is 2.31 bits per heavy atom. The molecule has 0 bridgehead atoms. The molecular formula is C11H15ClO. The van der Waals surface area contributed by atoms with Crippen molar-refractivity contribution in [3.8, 4) is 0 Å². The molecule has 0 spiro atoms. The summed E-state index contributed by atoms with van der Waals surface area (Å²) in [5.74, 6) is 0. The number of hydrogen-bond donors (Lipinski definition) is 1. The van der Waals surface area contributed by atoms with E-state index >= 15 is 0 Å². The third-order valence-corrected chi connectivity index (χ3v) is 2.51. The fraction of sp³-hybridized carbons (Fsp3) is 0.455. The standard InChI is InChI=1S/C11H15ClO/c1-3-11(2,13)8-9-4-6-10(12)7-5-9/h4-7,13H,3,8H2,1-2H3. The van der Waals surface area contributed by atoms with Crippen molar-refractivity contribution in [1.29, 1.82) is 0 Å². The monoisotopic (exact) mass is 198 g/mol. The molecule has 0 saturated heterocycles. The predicted molar refractivity (Wildman–Crippen MR) is 56.1 cm³/mol. The fourth-order valence-electron chi connectivity index (χ4n) is 1.17. The molecule has 1 N–H and O–H groups in total. The average molecular weight is 199 g/mol. The minimum absolute atomic E-state index is 0.603. The molecule has 1 nitrogen and oxygen atoms in total. The summed E-state index contributed by atoms with van der Waals surface area (Å²) in [6, 6.07) is 7.60. The zero-order valence-electron chi connectivity index (χ0n) is 8.05. The van der Waals surface area contributed by atoms with Crippen LogP contribution >= 0.6 is 11.6 Å². The van der Waals surface area contributed by atoms with Gasteiger partial charge in [-0.25, -0.2) is 0 Å². The maximum atomic E-state index is 9.81. The van der Waals surface area contributed by atoms with Crippen molar-refractivity contribution in [2.24, 2.45) is 0 Å². The molecule has 1 unspecified atom stereocenters. The van der Waals surface area contributed by atoms with Gasteiger partial charge in [-0.2, -0.15) is 0 Å². The van der Waals surface area contributed by atoms with E-state index in [1.54, 1.807) is 0 Å². The first kappa shape index (κ1) is 10.6. The van der Waals surface area contributed by atoms with Crippen molar-refractivity contribution in [3.05, 3.63) is 34.9 Å². The van der Waals surface area contributed by atoms with E-state index in [0.29, 0.717) is 6.42 Å². The molecule has 0 aliphatic rings. The first-order valence-corrected chi connectivity index (χ1v) is 4.88. The normalized spacial score (nSPS) is 15.4. The van der Waals surface area contributed by atoms with E-state index in [4.69, 9.17) is 11.6 Å². The summed E-state index contributed by atoms with van der Waals surface area (Å²) in [5, 5.41) is 10.5. The summed E-state index contributed by atoms with van der Waals surface area (Å²) in [6.07, 6.45) is 1.44. The van der Waals surface area contributed by atoms with Crippen LogP contribution in [0.15, 0.2) is 24.3 Å². The van der Waals surface area contributed by atoms with Gasteiger partial charge in [0.2, 0.25) is 0 Å². The van der Waals surface area contributed by atoms with E-state index in [0.717, 1.165) is 17.0 Å². The third-order valence-electron chi connectivity index (χ3n) is 2.26. The van der Waals surface area contributed by atoms with Gasteiger partial charge in [0.15, 0.2) is 0 Å². The maximum Gasteiger partial charge on any atom is 0.0657 e. The van der Waals surface area contributed by atoms with Gasteiger partial charge >= 0.3 is 0 Å². The smallest absolute Gasteiger partial charge is 0.0657 e. The largest absolute Gasteiger partial charge is 0.390 e. The molecule has 13 heavy (non-hydrogen) atoms. The zero-order valence-corrected chi connectivity index (χ0v) is 8.80. The van der Waals surface area contributed by atoms with Crippen LogP contribution in [-0.2, 0) is 6.42 Å². The zero-order chi connectivity index (χ0) is 9.90. The van der Waals surface area contributed by atoms with E-state index in [9.17, 15) is 5.11 Å². The molecule has 0 radical (unpaired) electrons. The molecule has 1 aromatic rings. The van der Waals surface area contributed by atoms with Crippen LogP contribution in [-0.4, -0.2) is 10.7 Å². The predicted octanol–water partition coefficient (Wildman–Crippen LogP) is 3.04. The summed E-state index contributed by atoms with van der Waals surface area (Å²) >= 11 is 5.75. The third kappa shape index (κ3) is 3.37. The number of aliphatic hydroxyl groups is 1. The van der Waals surface area contributed by atoms with Crippen LogP contribution in [0.4, 0.5) is 0 Å². The Bertz CT molecular complexity index is 264. The van der Waals surface area contributed by atoms with Gasteiger partial charge in [-0.05, 0) is 31.0 Å². The van der Waals surface area contributed by atoms with E-state index in [-0.39, 0.29) is 0 Å². The van der Waals surface area contributed by atoms with Crippen LogP contribution in [0.1, 0.15) is 25.8 Å². The first-order valence-electron chi connectivity index (χ1n) is 4.50. The van der Waals surface area contributed by atoms with Crippen LogP contribution in [0.5, 0.6) is 0 Å². The van der Waals surface area contributed by atoms with Crippen molar-refractivity contribution >= 4 is 11.6 Å². The quantitative estimate of drug-likeness (QED) is 0.792. The van der Waals surface area contributed by atoms with Crippen molar-refractivity contribution < 1.29 is 5.11 Å². The second-order valence-corrected chi connectivity index (χ2v) is 4.09. The van der Waals surface area contributed by atoms with Crippen LogP contribution in [0.25, 0.3) is 0 Å². The number of benzene rings is 1. The minimum Gasteiger partial charge on any atom is -0.390 e. The highest BCUT2D eigenvalue weighted by molar-refractivity contribution is 6.30. The van der Waals surface area contributed by atoms with Crippen LogP contribution in [0, 0.1) is 0 Å². The molecule has 0 heterocycles. The summed E-state index contributed by atoms with van der Waals surface area (Å²) in [4.78, 5) is 0. The molecule has 0 fully saturated rings. The van der Waals surface area contributed by atoms with Gasteiger partial charge in [-0.15, -0.1) is 0 Å². The van der Waals surface area contributed by atoms with Crippen molar-refractivity contribution in [2.75, 3.05) is 0 Å². The van der Waals surface area contributed by atoms with Crippen LogP contribution < -0.4 is 0 Å². The van der Waals surface area contributed by atoms with Crippen LogP contribution in [0.3, 0.4) is 0 Å². The van der Waals surface area contributed by atoms with Crippen LogP contribution in [0.2, 0.25) is 5.02 Å². The highest BCUT2D eigenvalue weighted by atomic mass is 35.5. The lowest BCUT2D eigenvalue weighted by Crippen LogP contribution is -2.25. The SMILES string of the molecule is CCC(C)(O)Cc1ccc(Cl)cc1. The molecule has 0 amide bonds. The molecule has 0 aliphatic heterocycles. The second kappa shape index (κ2) is 4.12. The number of halogens is 1. The minimum atomic E-state index is -0.603. The lowest BCUT2D eigenvalue weighted by Gasteiger charge is -2.21. The summed E-state index contributed by atoms with van der Waals surface area (Å²) in [6.45, 7) is 3.83. The lowest BCUT2D eigenvalue weighted by atomic mass is 9.94. The second-order valence-electron chi connectivity index (χ2n) is 3.65. The van der Waals surface area contributed by atoms with Gasteiger partial charge in [0.1, 0.15) is 0 Å². The van der Waals surface area contributed by atoms with E-state index in [1.807, 2.05) is 38.1 Å². The number of hydrogen-bond acceptors (Lipinski definition) is 1. The Morgan fingerprint density at radius 2 is 1.85 bits per heavy atom. The molecule has 0 aliphatic carbocycles. The van der Waals surface area contributed by atoms with Gasteiger partial charge in [-0.1, -0.05) is 30.7 Å². The van der Waals surface area contributed by atoms with Gasteiger partial charge in [0, 0.05) is 11.4 Å². The molecule has 1 aromatic carbocycles. The molecule has 2 heteroatoms. The molecule has 1 rings (SSSR count). The van der Waals surface area contributed by atoms with E-state index in [1.165, 1.54) is 0 Å². The number of rotatable bonds is 3. The summed E-state index contributed by atoms with van der Waals surface area (Å²) in [7, 11) is 0. The Labute approximate surface area is 84.4 Å². The van der Waals surface area contributed by atoms with Gasteiger partial charge in [0.05, 0.1) is 5.60 Å². The first-order chi connectivity index (χ1) is 6.03. The highest BCUT2D eigenvalue weighted by Gasteiger charge is 2.17. The Hall–Kier alpha value is -0.530. The molecule has 72 valence electrons. The summed E-state index contributed by atoms with van der Waals surface area (Å²) < 4.78 is 0. The van der Waals surface area contributed by atoms with Crippen molar-refractivity contribution in [3.63, 3.8) is 0 Å².